The molecule has 152 valence electrons. The summed E-state index contributed by atoms with van der Waals surface area (Å²) in [7, 11) is 3.15. The Morgan fingerprint density at radius 3 is 2.55 bits per heavy atom. The number of hydrogen-bond acceptors (Lipinski definition) is 5. The van der Waals surface area contributed by atoms with E-state index in [0.717, 1.165) is 11.1 Å². The molecule has 0 aliphatic carbocycles. The van der Waals surface area contributed by atoms with Crippen LogP contribution in [-0.2, 0) is 4.79 Å². The number of methoxy groups -OCH3 is 2. The highest BCUT2D eigenvalue weighted by Crippen LogP contribution is 2.44. The van der Waals surface area contributed by atoms with E-state index in [1.807, 2.05) is 44.2 Å². The number of amides is 1. The standard InChI is InChI=1S/C23H25NO5/c1-14(17-7-6-15(27-4)12-19(17)24-21(26)13-25)16-8-9-20(28-5)22-18(16)10-11-23(2,3)29-22/h6-12,25H,1,13H2,2-5H3,(H,24,26). The van der Waals surface area contributed by atoms with Crippen molar-refractivity contribution in [3.8, 4) is 17.2 Å². The number of hydrogen-bond donors (Lipinski definition) is 2. The number of anilines is 1. The molecule has 0 bridgehead atoms. The SMILES string of the molecule is C=C(c1ccc(OC)cc1NC(=O)CO)c1ccc(OC)c2c1C=CC(C)(C)O2. The molecule has 0 saturated carbocycles. The summed E-state index contributed by atoms with van der Waals surface area (Å²) in [5, 5.41) is 11.8. The number of carbonyl (C=O) groups excluding carboxylic acids is 1. The third kappa shape index (κ3) is 4.12. The molecule has 0 atom stereocenters. The molecule has 2 aromatic rings. The van der Waals surface area contributed by atoms with E-state index in [9.17, 15) is 4.79 Å². The Bertz CT molecular complexity index is 991. The van der Waals surface area contributed by atoms with Crippen molar-refractivity contribution in [1.29, 1.82) is 0 Å². The third-order valence-corrected chi connectivity index (χ3v) is 4.69. The van der Waals surface area contributed by atoms with Crippen LogP contribution >= 0.6 is 0 Å². The molecule has 1 aliphatic rings. The molecule has 1 aliphatic heterocycles. The molecule has 6 heteroatoms. The van der Waals surface area contributed by atoms with Crippen LogP contribution in [0.1, 0.15) is 30.5 Å². The van der Waals surface area contributed by atoms with Gasteiger partial charge in [0.05, 0.1) is 19.9 Å². The minimum atomic E-state index is -0.618. The van der Waals surface area contributed by atoms with Crippen LogP contribution in [0, 0.1) is 0 Å². The number of aliphatic hydroxyl groups is 1. The second-order valence-electron chi connectivity index (χ2n) is 7.19. The van der Waals surface area contributed by atoms with E-state index < -0.39 is 18.1 Å². The minimum absolute atomic E-state index is 0.458. The monoisotopic (exact) mass is 395 g/mol. The van der Waals surface area contributed by atoms with Crippen LogP contribution in [0.15, 0.2) is 43.0 Å². The lowest BCUT2D eigenvalue weighted by Gasteiger charge is -2.30. The number of carbonyl (C=O) groups is 1. The Kier molecular flexibility index (Phi) is 5.66. The minimum Gasteiger partial charge on any atom is -0.497 e. The first-order chi connectivity index (χ1) is 13.8. The van der Waals surface area contributed by atoms with Gasteiger partial charge in [-0.1, -0.05) is 12.7 Å². The van der Waals surface area contributed by atoms with E-state index in [2.05, 4.69) is 11.9 Å². The van der Waals surface area contributed by atoms with Crippen molar-refractivity contribution in [3.63, 3.8) is 0 Å². The maximum Gasteiger partial charge on any atom is 0.250 e. The highest BCUT2D eigenvalue weighted by Gasteiger charge is 2.27. The second-order valence-corrected chi connectivity index (χ2v) is 7.19. The molecule has 3 rings (SSSR count). The maximum absolute atomic E-state index is 11.8. The van der Waals surface area contributed by atoms with Gasteiger partial charge in [-0.15, -0.1) is 0 Å². The van der Waals surface area contributed by atoms with Crippen LogP contribution in [-0.4, -0.2) is 37.4 Å². The van der Waals surface area contributed by atoms with Gasteiger partial charge in [-0.3, -0.25) is 4.79 Å². The van der Waals surface area contributed by atoms with Crippen molar-refractivity contribution < 1.29 is 24.1 Å². The van der Waals surface area contributed by atoms with E-state index in [4.69, 9.17) is 19.3 Å². The Morgan fingerprint density at radius 2 is 1.90 bits per heavy atom. The van der Waals surface area contributed by atoms with Crippen molar-refractivity contribution in [2.24, 2.45) is 0 Å². The van der Waals surface area contributed by atoms with E-state index in [1.165, 1.54) is 0 Å². The fraction of sp³-hybridized carbons (Fsp3) is 0.261. The zero-order valence-electron chi connectivity index (χ0n) is 17.0. The Labute approximate surface area is 170 Å². The molecule has 0 spiro atoms. The van der Waals surface area contributed by atoms with E-state index in [1.54, 1.807) is 26.4 Å². The summed E-state index contributed by atoms with van der Waals surface area (Å²) in [5.41, 5.74) is 3.13. The van der Waals surface area contributed by atoms with Gasteiger partial charge < -0.3 is 24.6 Å². The number of rotatable bonds is 6. The summed E-state index contributed by atoms with van der Waals surface area (Å²) in [6.07, 6.45) is 3.98. The number of benzene rings is 2. The fourth-order valence-electron chi connectivity index (χ4n) is 3.21. The average molecular weight is 395 g/mol. The summed E-state index contributed by atoms with van der Waals surface area (Å²) < 4.78 is 16.9. The predicted molar refractivity (Wildman–Crippen MR) is 114 cm³/mol. The molecule has 0 fully saturated rings. The van der Waals surface area contributed by atoms with Crippen molar-refractivity contribution in [3.05, 3.63) is 59.7 Å². The van der Waals surface area contributed by atoms with Crippen LogP contribution in [0.5, 0.6) is 17.2 Å². The van der Waals surface area contributed by atoms with Crippen LogP contribution in [0.2, 0.25) is 0 Å². The third-order valence-electron chi connectivity index (χ3n) is 4.69. The van der Waals surface area contributed by atoms with E-state index in [0.29, 0.717) is 34.1 Å². The van der Waals surface area contributed by atoms with Crippen molar-refractivity contribution in [1.82, 2.24) is 0 Å². The van der Waals surface area contributed by atoms with Gasteiger partial charge in [-0.2, -0.15) is 0 Å². The molecule has 0 radical (unpaired) electrons. The Morgan fingerprint density at radius 1 is 1.17 bits per heavy atom. The summed E-state index contributed by atoms with van der Waals surface area (Å²) in [6.45, 7) is 7.58. The van der Waals surface area contributed by atoms with Gasteiger partial charge in [-0.05, 0) is 55.3 Å². The van der Waals surface area contributed by atoms with Gasteiger partial charge in [0.25, 0.3) is 0 Å². The summed E-state index contributed by atoms with van der Waals surface area (Å²) in [6, 6.07) is 9.06. The van der Waals surface area contributed by atoms with Crippen LogP contribution in [0.4, 0.5) is 5.69 Å². The lowest BCUT2D eigenvalue weighted by atomic mass is 9.90. The molecular weight excluding hydrogens is 370 g/mol. The van der Waals surface area contributed by atoms with E-state index >= 15 is 0 Å². The van der Waals surface area contributed by atoms with Crippen LogP contribution in [0.3, 0.4) is 0 Å². The topological polar surface area (TPSA) is 77.0 Å². The number of ether oxygens (including phenoxy) is 3. The quantitative estimate of drug-likeness (QED) is 0.776. The first kappa shape index (κ1) is 20.5. The summed E-state index contributed by atoms with van der Waals surface area (Å²) in [5.74, 6) is 1.34. The zero-order valence-corrected chi connectivity index (χ0v) is 17.0. The molecule has 0 aromatic heterocycles. The van der Waals surface area contributed by atoms with E-state index in [-0.39, 0.29) is 0 Å². The molecule has 2 N–H and O–H groups in total. The normalized spacial score (nSPS) is 13.8. The zero-order chi connectivity index (χ0) is 21.2. The number of aliphatic hydroxyl groups excluding tert-OH is 1. The highest BCUT2D eigenvalue weighted by atomic mass is 16.5. The molecular formula is C23H25NO5. The van der Waals surface area contributed by atoms with Gasteiger partial charge in [0.2, 0.25) is 5.91 Å². The first-order valence-corrected chi connectivity index (χ1v) is 9.17. The van der Waals surface area contributed by atoms with Gasteiger partial charge >= 0.3 is 0 Å². The number of fused-ring (bicyclic) bond motifs is 1. The lowest BCUT2D eigenvalue weighted by molar-refractivity contribution is -0.118. The lowest BCUT2D eigenvalue weighted by Crippen LogP contribution is -2.28. The molecule has 0 saturated heterocycles. The van der Waals surface area contributed by atoms with Gasteiger partial charge in [-0.25, -0.2) is 0 Å². The average Bonchev–Trinajstić information content (AvgIpc) is 2.71. The molecule has 0 unspecified atom stereocenters. The summed E-state index contributed by atoms with van der Waals surface area (Å²) in [4.78, 5) is 11.8. The molecule has 29 heavy (non-hydrogen) atoms. The molecule has 1 amide bonds. The first-order valence-electron chi connectivity index (χ1n) is 9.17. The summed E-state index contributed by atoms with van der Waals surface area (Å²) >= 11 is 0. The molecule has 1 heterocycles. The largest absolute Gasteiger partial charge is 0.497 e. The highest BCUT2D eigenvalue weighted by molar-refractivity contribution is 5.98. The smallest absolute Gasteiger partial charge is 0.250 e. The molecule has 6 nitrogen and oxygen atoms in total. The van der Waals surface area contributed by atoms with Crippen LogP contribution < -0.4 is 19.5 Å². The Hall–Kier alpha value is -3.25. The van der Waals surface area contributed by atoms with Gasteiger partial charge in [0.15, 0.2) is 11.5 Å². The fourth-order valence-corrected chi connectivity index (χ4v) is 3.21. The van der Waals surface area contributed by atoms with Gasteiger partial charge in [0, 0.05) is 17.2 Å². The van der Waals surface area contributed by atoms with Crippen molar-refractivity contribution >= 4 is 23.2 Å². The van der Waals surface area contributed by atoms with Crippen molar-refractivity contribution in [2.75, 3.05) is 26.1 Å². The second kappa shape index (κ2) is 8.01. The van der Waals surface area contributed by atoms with Crippen molar-refractivity contribution in [2.45, 2.75) is 19.4 Å². The van der Waals surface area contributed by atoms with Gasteiger partial charge in [0.1, 0.15) is 18.0 Å². The maximum atomic E-state index is 11.8. The number of nitrogens with one attached hydrogen (secondary N) is 1. The predicted octanol–water partition coefficient (Wildman–Crippen LogP) is 3.88. The Balaban J connectivity index is 2.11. The van der Waals surface area contributed by atoms with Crippen LogP contribution in [0.25, 0.3) is 11.6 Å². The molecule has 2 aromatic carbocycles.